The summed E-state index contributed by atoms with van der Waals surface area (Å²) in [6.07, 6.45) is 0.829. The first kappa shape index (κ1) is 12.8. The Morgan fingerprint density at radius 2 is 1.95 bits per heavy atom. The first-order valence-corrected chi connectivity index (χ1v) is 6.61. The minimum absolute atomic E-state index is 0.126. The number of anilines is 1. The van der Waals surface area contributed by atoms with Crippen molar-refractivity contribution in [3.63, 3.8) is 0 Å². The Morgan fingerprint density at radius 3 is 2.75 bits per heavy atom. The van der Waals surface area contributed by atoms with Crippen LogP contribution in [0.25, 0.3) is 0 Å². The highest BCUT2D eigenvalue weighted by atomic mass is 19.1. The summed E-state index contributed by atoms with van der Waals surface area (Å²) in [5.41, 5.74) is 2.58. The number of carbonyl (C=O) groups is 1. The lowest BCUT2D eigenvalue weighted by Crippen LogP contribution is -2.29. The molecule has 2 aromatic carbocycles. The van der Waals surface area contributed by atoms with Crippen molar-refractivity contribution in [1.82, 2.24) is 5.32 Å². The van der Waals surface area contributed by atoms with Gasteiger partial charge in [-0.3, -0.25) is 4.79 Å². The van der Waals surface area contributed by atoms with E-state index >= 15 is 0 Å². The summed E-state index contributed by atoms with van der Waals surface area (Å²) >= 11 is 0. The van der Waals surface area contributed by atoms with E-state index < -0.39 is 6.04 Å². The molecule has 3 nitrogen and oxygen atoms in total. The highest BCUT2D eigenvalue weighted by Gasteiger charge is 2.30. The molecule has 1 amide bonds. The molecule has 20 heavy (non-hydrogen) atoms. The van der Waals surface area contributed by atoms with E-state index in [1.165, 1.54) is 17.7 Å². The minimum atomic E-state index is -0.468. The van der Waals surface area contributed by atoms with Crippen LogP contribution < -0.4 is 10.6 Å². The lowest BCUT2D eigenvalue weighted by atomic mass is 10.1. The normalized spacial score (nSPS) is 16.9. The number of amides is 1. The maximum Gasteiger partial charge on any atom is 0.246 e. The summed E-state index contributed by atoms with van der Waals surface area (Å²) in [7, 11) is 0. The van der Waals surface area contributed by atoms with Crippen LogP contribution in [0.5, 0.6) is 0 Å². The molecule has 0 fully saturated rings. The van der Waals surface area contributed by atoms with E-state index in [4.69, 9.17) is 0 Å². The van der Waals surface area contributed by atoms with Gasteiger partial charge in [-0.2, -0.15) is 0 Å². The van der Waals surface area contributed by atoms with Crippen LogP contribution in [0.3, 0.4) is 0 Å². The van der Waals surface area contributed by atoms with Crippen molar-refractivity contribution < 1.29 is 9.18 Å². The Kier molecular flexibility index (Phi) is 3.48. The van der Waals surface area contributed by atoms with E-state index in [0.717, 1.165) is 6.42 Å². The number of nitrogens with one attached hydrogen (secondary N) is 2. The summed E-state index contributed by atoms with van der Waals surface area (Å²) in [4.78, 5) is 11.9. The molecule has 0 spiro atoms. The molecule has 2 aromatic rings. The molecule has 1 aliphatic rings. The zero-order valence-electron chi connectivity index (χ0n) is 10.9. The van der Waals surface area contributed by atoms with Gasteiger partial charge in [0, 0.05) is 17.8 Å². The minimum Gasteiger partial charge on any atom is -0.324 e. The second kappa shape index (κ2) is 5.43. The number of hydrogen-bond acceptors (Lipinski definition) is 2. The van der Waals surface area contributed by atoms with Crippen LogP contribution in [-0.4, -0.2) is 12.5 Å². The van der Waals surface area contributed by atoms with Gasteiger partial charge in [0.05, 0.1) is 0 Å². The van der Waals surface area contributed by atoms with Gasteiger partial charge in [0.15, 0.2) is 0 Å². The van der Waals surface area contributed by atoms with Crippen LogP contribution >= 0.6 is 0 Å². The topological polar surface area (TPSA) is 41.1 Å². The second-order valence-corrected chi connectivity index (χ2v) is 4.84. The quantitative estimate of drug-likeness (QED) is 0.896. The molecule has 4 heteroatoms. The summed E-state index contributed by atoms with van der Waals surface area (Å²) in [5.74, 6) is -0.450. The van der Waals surface area contributed by atoms with Crippen LogP contribution in [0.2, 0.25) is 0 Å². The highest BCUT2D eigenvalue weighted by Crippen LogP contribution is 2.31. The van der Waals surface area contributed by atoms with Crippen LogP contribution in [0.15, 0.2) is 48.5 Å². The van der Waals surface area contributed by atoms with Crippen molar-refractivity contribution in [2.45, 2.75) is 12.5 Å². The predicted molar refractivity (Wildman–Crippen MR) is 75.9 cm³/mol. The van der Waals surface area contributed by atoms with Gasteiger partial charge in [-0.05, 0) is 30.2 Å². The van der Waals surface area contributed by atoms with E-state index in [1.54, 1.807) is 6.07 Å². The van der Waals surface area contributed by atoms with Crippen LogP contribution in [0.1, 0.15) is 17.2 Å². The van der Waals surface area contributed by atoms with Gasteiger partial charge in [-0.25, -0.2) is 4.39 Å². The van der Waals surface area contributed by atoms with Crippen molar-refractivity contribution in [3.8, 4) is 0 Å². The molecular formula is C16H15FN2O. The number of carbonyl (C=O) groups excluding carboxylic acids is 1. The van der Waals surface area contributed by atoms with Crippen molar-refractivity contribution in [2.24, 2.45) is 0 Å². The zero-order valence-corrected chi connectivity index (χ0v) is 10.9. The standard InChI is InChI=1S/C16H15FN2O/c17-12-6-7-14-13(10-12)15(16(20)19-14)18-9-8-11-4-2-1-3-5-11/h1-7,10,15,18H,8-9H2,(H,19,20). The van der Waals surface area contributed by atoms with E-state index in [9.17, 15) is 9.18 Å². The summed E-state index contributed by atoms with van der Waals surface area (Å²) < 4.78 is 13.3. The van der Waals surface area contributed by atoms with Crippen molar-refractivity contribution in [1.29, 1.82) is 0 Å². The Hall–Kier alpha value is -2.20. The molecule has 0 bridgehead atoms. The van der Waals surface area contributed by atoms with Crippen molar-refractivity contribution in [2.75, 3.05) is 11.9 Å². The molecule has 1 heterocycles. The monoisotopic (exact) mass is 270 g/mol. The van der Waals surface area contributed by atoms with Gasteiger partial charge >= 0.3 is 0 Å². The number of fused-ring (bicyclic) bond motifs is 1. The van der Waals surface area contributed by atoms with Gasteiger partial charge in [0.2, 0.25) is 5.91 Å². The third-order valence-corrected chi connectivity index (χ3v) is 3.45. The molecular weight excluding hydrogens is 255 g/mol. The molecule has 0 radical (unpaired) electrons. The van der Waals surface area contributed by atoms with E-state index in [2.05, 4.69) is 10.6 Å². The lowest BCUT2D eigenvalue weighted by Gasteiger charge is -2.11. The van der Waals surface area contributed by atoms with Crippen molar-refractivity contribution in [3.05, 3.63) is 65.5 Å². The van der Waals surface area contributed by atoms with Gasteiger partial charge in [0.25, 0.3) is 0 Å². The molecule has 0 saturated carbocycles. The number of halogens is 1. The predicted octanol–water partition coefficient (Wildman–Crippen LogP) is 2.65. The molecule has 0 saturated heterocycles. The largest absolute Gasteiger partial charge is 0.324 e. The summed E-state index contributed by atoms with van der Waals surface area (Å²) in [6, 6.07) is 13.9. The summed E-state index contributed by atoms with van der Waals surface area (Å²) in [5, 5.41) is 5.94. The Balaban J connectivity index is 1.66. The maximum absolute atomic E-state index is 13.3. The Morgan fingerprint density at radius 1 is 1.15 bits per heavy atom. The molecule has 2 N–H and O–H groups in total. The molecule has 0 aromatic heterocycles. The van der Waals surface area contributed by atoms with Crippen LogP contribution in [0, 0.1) is 5.82 Å². The van der Waals surface area contributed by atoms with E-state index in [0.29, 0.717) is 17.8 Å². The molecule has 1 aliphatic heterocycles. The van der Waals surface area contributed by atoms with Gasteiger partial charge in [-0.1, -0.05) is 30.3 Å². The smallest absolute Gasteiger partial charge is 0.246 e. The van der Waals surface area contributed by atoms with Crippen LogP contribution in [-0.2, 0) is 11.2 Å². The average molecular weight is 270 g/mol. The van der Waals surface area contributed by atoms with Crippen LogP contribution in [0.4, 0.5) is 10.1 Å². The average Bonchev–Trinajstić information content (AvgIpc) is 2.76. The summed E-state index contributed by atoms with van der Waals surface area (Å²) in [6.45, 7) is 0.665. The van der Waals surface area contributed by atoms with Gasteiger partial charge < -0.3 is 10.6 Å². The molecule has 1 atom stereocenters. The second-order valence-electron chi connectivity index (χ2n) is 4.84. The third-order valence-electron chi connectivity index (χ3n) is 3.45. The maximum atomic E-state index is 13.3. The highest BCUT2D eigenvalue weighted by molar-refractivity contribution is 6.02. The van der Waals surface area contributed by atoms with E-state index in [-0.39, 0.29) is 11.7 Å². The van der Waals surface area contributed by atoms with Crippen molar-refractivity contribution >= 4 is 11.6 Å². The molecule has 102 valence electrons. The fraction of sp³-hybridized carbons (Fsp3) is 0.188. The SMILES string of the molecule is O=C1Nc2ccc(F)cc2C1NCCc1ccccc1. The third kappa shape index (κ3) is 2.56. The van der Waals surface area contributed by atoms with Gasteiger partial charge in [0.1, 0.15) is 11.9 Å². The molecule has 1 unspecified atom stereocenters. The van der Waals surface area contributed by atoms with E-state index in [1.807, 2.05) is 30.3 Å². The molecule has 0 aliphatic carbocycles. The first-order valence-electron chi connectivity index (χ1n) is 6.61. The number of hydrogen-bond donors (Lipinski definition) is 2. The fourth-order valence-corrected chi connectivity index (χ4v) is 2.44. The van der Waals surface area contributed by atoms with Gasteiger partial charge in [-0.15, -0.1) is 0 Å². The lowest BCUT2D eigenvalue weighted by molar-refractivity contribution is -0.117. The molecule has 3 rings (SSSR count). The Labute approximate surface area is 116 Å². The first-order chi connectivity index (χ1) is 9.74. The number of rotatable bonds is 4. The fourth-order valence-electron chi connectivity index (χ4n) is 2.44. The Bertz CT molecular complexity index is 628. The number of benzene rings is 2. The zero-order chi connectivity index (χ0) is 13.9.